The maximum Gasteiger partial charge on any atom is 0.252 e. The number of aliphatic hydroxyl groups is 2. The first kappa shape index (κ1) is 19.2. The van der Waals surface area contributed by atoms with E-state index in [4.69, 9.17) is 4.74 Å². The van der Waals surface area contributed by atoms with Gasteiger partial charge in [-0.25, -0.2) is 0 Å². The highest BCUT2D eigenvalue weighted by Crippen LogP contribution is 2.67. The third kappa shape index (κ3) is 2.17. The quantitative estimate of drug-likeness (QED) is 0.580. The van der Waals surface area contributed by atoms with Gasteiger partial charge in [-0.05, 0) is 43.6 Å². The second-order valence-corrected chi connectivity index (χ2v) is 10.2. The van der Waals surface area contributed by atoms with Crippen molar-refractivity contribution in [2.24, 2.45) is 22.7 Å². The normalized spacial score (nSPS) is 42.8. The molecule has 1 spiro atoms. The zero-order valence-electron chi connectivity index (χ0n) is 17.4. The lowest BCUT2D eigenvalue weighted by atomic mass is 9.43. The Labute approximate surface area is 171 Å². The molecule has 0 aromatic heterocycles. The van der Waals surface area contributed by atoms with Crippen LogP contribution in [0.4, 0.5) is 0 Å². The van der Waals surface area contributed by atoms with Crippen LogP contribution >= 0.6 is 0 Å². The summed E-state index contributed by atoms with van der Waals surface area (Å²) in [7, 11) is 0. The number of carbonyl (C=O) groups excluding carboxylic acids is 1. The first-order valence-electron chi connectivity index (χ1n) is 10.8. The Bertz CT molecular complexity index is 900. The second kappa shape index (κ2) is 5.88. The smallest absolute Gasteiger partial charge is 0.252 e. The Kier molecular flexibility index (Phi) is 3.89. The fourth-order valence-corrected chi connectivity index (χ4v) is 7.23. The number of hydrogen-bond donors (Lipinski definition) is 4. The van der Waals surface area contributed by atoms with Crippen LogP contribution in [0.1, 0.15) is 67.9 Å². The lowest BCUT2D eigenvalue weighted by Gasteiger charge is -2.64. The molecule has 2 saturated carbocycles. The summed E-state index contributed by atoms with van der Waals surface area (Å²) in [5, 5.41) is 34.6. The summed E-state index contributed by atoms with van der Waals surface area (Å²) < 4.78 is 6.85. The fraction of sp³-hybridized carbons (Fsp3) is 0.696. The van der Waals surface area contributed by atoms with Gasteiger partial charge in [-0.1, -0.05) is 20.8 Å². The summed E-state index contributed by atoms with van der Waals surface area (Å²) in [6, 6.07) is 1.58. The van der Waals surface area contributed by atoms with Crippen LogP contribution in [0, 0.1) is 22.7 Å². The minimum Gasteiger partial charge on any atom is -0.508 e. The number of ether oxygens (including phenoxy) is 1. The summed E-state index contributed by atoms with van der Waals surface area (Å²) in [4.78, 5) is 12.2. The van der Waals surface area contributed by atoms with Gasteiger partial charge in [0.1, 0.15) is 17.1 Å². The predicted octanol–water partition coefficient (Wildman–Crippen LogP) is 2.52. The molecule has 6 unspecified atom stereocenters. The first-order valence-corrected chi connectivity index (χ1v) is 10.8. The third-order valence-corrected chi connectivity index (χ3v) is 9.11. The number of rotatable bonds is 1. The van der Waals surface area contributed by atoms with Crippen LogP contribution in [0.25, 0.3) is 0 Å². The molecule has 6 heteroatoms. The van der Waals surface area contributed by atoms with Gasteiger partial charge in [0.15, 0.2) is 0 Å². The molecule has 5 rings (SSSR count). The molecule has 29 heavy (non-hydrogen) atoms. The van der Waals surface area contributed by atoms with E-state index in [2.05, 4.69) is 19.2 Å². The average molecular weight is 402 g/mol. The Morgan fingerprint density at radius 1 is 1.24 bits per heavy atom. The molecule has 6 nitrogen and oxygen atoms in total. The average Bonchev–Trinajstić information content (AvgIpc) is 3.27. The van der Waals surface area contributed by atoms with Crippen molar-refractivity contribution in [2.45, 2.75) is 71.1 Å². The van der Waals surface area contributed by atoms with E-state index in [1.165, 1.54) is 0 Å². The van der Waals surface area contributed by atoms with E-state index in [0.717, 1.165) is 30.4 Å². The van der Waals surface area contributed by atoms with Gasteiger partial charge in [-0.15, -0.1) is 0 Å². The van der Waals surface area contributed by atoms with E-state index >= 15 is 0 Å². The highest BCUT2D eigenvalue weighted by molar-refractivity contribution is 6.00. The maximum absolute atomic E-state index is 12.2. The van der Waals surface area contributed by atoms with E-state index in [0.29, 0.717) is 30.7 Å². The van der Waals surface area contributed by atoms with Gasteiger partial charge in [-0.2, -0.15) is 0 Å². The zero-order valence-corrected chi connectivity index (χ0v) is 17.4. The van der Waals surface area contributed by atoms with Gasteiger partial charge in [0.05, 0.1) is 18.3 Å². The predicted molar refractivity (Wildman–Crippen MR) is 107 cm³/mol. The minimum atomic E-state index is -0.570. The number of benzene rings is 1. The van der Waals surface area contributed by atoms with Crippen LogP contribution in [0.15, 0.2) is 6.07 Å². The van der Waals surface area contributed by atoms with Crippen LogP contribution in [0.3, 0.4) is 0 Å². The summed E-state index contributed by atoms with van der Waals surface area (Å²) in [6.45, 7) is 6.84. The van der Waals surface area contributed by atoms with E-state index in [1.807, 2.05) is 6.92 Å². The number of nitrogens with one attached hydrogen (secondary N) is 1. The number of phenolic OH excluding ortho intramolecular Hbond substituents is 1. The standard InChI is InChI=1S/C23H31NO5/c1-12-4-5-17-21(2,11-25)18(27)6-7-22(17,3)23(12)9-14-16(26)8-13-15(19(14)29-23)10-24-20(13)28/h8,12,17-18,25-27H,4-7,9-11H2,1-3H3,(H,24,28). The van der Waals surface area contributed by atoms with E-state index in [-0.39, 0.29) is 35.5 Å². The van der Waals surface area contributed by atoms with Crippen molar-refractivity contribution < 1.29 is 24.9 Å². The van der Waals surface area contributed by atoms with Gasteiger partial charge in [0.25, 0.3) is 5.91 Å². The van der Waals surface area contributed by atoms with Crippen LogP contribution in [-0.4, -0.2) is 39.5 Å². The van der Waals surface area contributed by atoms with Crippen LogP contribution in [-0.2, 0) is 13.0 Å². The van der Waals surface area contributed by atoms with E-state index < -0.39 is 17.1 Å². The Morgan fingerprint density at radius 2 is 2.00 bits per heavy atom. The Hall–Kier alpha value is -1.79. The molecule has 0 bridgehead atoms. The summed E-state index contributed by atoms with van der Waals surface area (Å²) in [5.41, 5.74) is 0.801. The van der Waals surface area contributed by atoms with Crippen LogP contribution < -0.4 is 10.1 Å². The molecule has 6 atom stereocenters. The molecule has 2 heterocycles. The lowest BCUT2D eigenvalue weighted by molar-refractivity contribution is -0.223. The fourth-order valence-electron chi connectivity index (χ4n) is 7.23. The molecule has 1 aromatic rings. The lowest BCUT2D eigenvalue weighted by Crippen LogP contribution is -2.67. The molecule has 2 fully saturated rings. The summed E-state index contributed by atoms with van der Waals surface area (Å²) in [6.07, 6.45) is 3.39. The molecule has 1 aromatic carbocycles. The van der Waals surface area contributed by atoms with Gasteiger partial charge < -0.3 is 25.4 Å². The van der Waals surface area contributed by atoms with Crippen molar-refractivity contribution in [1.82, 2.24) is 5.32 Å². The van der Waals surface area contributed by atoms with Gasteiger partial charge in [0.2, 0.25) is 0 Å². The third-order valence-electron chi connectivity index (χ3n) is 9.11. The monoisotopic (exact) mass is 401 g/mol. The number of aromatic hydroxyl groups is 1. The molecule has 0 radical (unpaired) electrons. The summed E-state index contributed by atoms with van der Waals surface area (Å²) >= 11 is 0. The van der Waals surface area contributed by atoms with Crippen molar-refractivity contribution in [3.8, 4) is 11.5 Å². The molecule has 158 valence electrons. The van der Waals surface area contributed by atoms with Crippen molar-refractivity contribution in [1.29, 1.82) is 0 Å². The Morgan fingerprint density at radius 3 is 2.72 bits per heavy atom. The molecule has 2 aliphatic carbocycles. The maximum atomic E-state index is 12.2. The van der Waals surface area contributed by atoms with Crippen molar-refractivity contribution in [2.75, 3.05) is 6.61 Å². The molecular weight excluding hydrogens is 370 g/mol. The second-order valence-electron chi connectivity index (χ2n) is 10.2. The first-order chi connectivity index (χ1) is 13.7. The topological polar surface area (TPSA) is 99.0 Å². The number of aliphatic hydroxyl groups excluding tert-OH is 2. The molecule has 4 aliphatic rings. The molecular formula is C23H31NO5. The van der Waals surface area contributed by atoms with E-state index in [1.54, 1.807) is 6.07 Å². The number of carbonyl (C=O) groups is 1. The van der Waals surface area contributed by atoms with Gasteiger partial charge in [-0.3, -0.25) is 4.79 Å². The molecule has 0 saturated heterocycles. The number of phenols is 1. The molecule has 1 amide bonds. The largest absolute Gasteiger partial charge is 0.508 e. The highest BCUT2D eigenvalue weighted by Gasteiger charge is 2.68. The molecule has 4 N–H and O–H groups in total. The Balaban J connectivity index is 1.65. The van der Waals surface area contributed by atoms with Gasteiger partial charge >= 0.3 is 0 Å². The summed E-state index contributed by atoms with van der Waals surface area (Å²) in [5.74, 6) is 1.01. The number of fused-ring (bicyclic) bond motifs is 5. The van der Waals surface area contributed by atoms with Crippen molar-refractivity contribution >= 4 is 5.91 Å². The molecule has 2 aliphatic heterocycles. The highest BCUT2D eigenvalue weighted by atomic mass is 16.5. The van der Waals surface area contributed by atoms with Crippen molar-refractivity contribution in [3.05, 3.63) is 22.8 Å². The van der Waals surface area contributed by atoms with Crippen LogP contribution in [0.2, 0.25) is 0 Å². The number of hydrogen-bond acceptors (Lipinski definition) is 5. The van der Waals surface area contributed by atoms with Gasteiger partial charge in [0, 0.05) is 34.9 Å². The van der Waals surface area contributed by atoms with Crippen molar-refractivity contribution in [3.63, 3.8) is 0 Å². The van der Waals surface area contributed by atoms with E-state index in [9.17, 15) is 20.1 Å². The SMILES string of the molecule is CC1CCC2C(C)(CO)C(O)CCC2(C)C12Cc1c(O)cc3c(c1O2)CNC3=O. The zero-order chi connectivity index (χ0) is 20.8. The number of amides is 1. The minimum absolute atomic E-state index is 0.0507. The van der Waals surface area contributed by atoms with Crippen LogP contribution in [0.5, 0.6) is 11.5 Å².